The molecule has 1 aliphatic rings. The van der Waals surface area contributed by atoms with Crippen LogP contribution in [-0.4, -0.2) is 56.8 Å². The fourth-order valence-electron chi connectivity index (χ4n) is 1.90. The molecule has 1 aliphatic heterocycles. The number of piperazine rings is 1. The highest BCUT2D eigenvalue weighted by Crippen LogP contribution is 2.07. The highest BCUT2D eigenvalue weighted by molar-refractivity contribution is 5.85. The molecule has 1 N–H and O–H groups in total. The number of amides is 1. The molecule has 1 amide bonds. The quantitative estimate of drug-likeness (QED) is 0.794. The molecule has 5 nitrogen and oxygen atoms in total. The van der Waals surface area contributed by atoms with Gasteiger partial charge in [0.25, 0.3) is 0 Å². The van der Waals surface area contributed by atoms with Gasteiger partial charge in [-0.1, -0.05) is 18.2 Å². The smallest absolute Gasteiger partial charge is 0.248 e. The van der Waals surface area contributed by atoms with Crippen LogP contribution >= 0.6 is 12.4 Å². The number of hydrogen-bond acceptors (Lipinski definition) is 4. The topological polar surface area (TPSA) is 50.8 Å². The van der Waals surface area contributed by atoms with Crippen molar-refractivity contribution in [1.29, 1.82) is 0 Å². The van der Waals surface area contributed by atoms with Crippen LogP contribution in [0, 0.1) is 0 Å². The zero-order valence-corrected chi connectivity index (χ0v) is 12.2. The van der Waals surface area contributed by atoms with E-state index in [4.69, 9.17) is 9.47 Å². The van der Waals surface area contributed by atoms with Crippen molar-refractivity contribution in [2.45, 2.75) is 0 Å². The van der Waals surface area contributed by atoms with Crippen LogP contribution in [0.1, 0.15) is 0 Å². The fourth-order valence-corrected chi connectivity index (χ4v) is 1.90. The van der Waals surface area contributed by atoms with E-state index in [-0.39, 0.29) is 24.9 Å². The standard InChI is InChI=1S/C14H20N2O3.ClH/c17-14(16-8-6-15-7-9-16)12-18-10-11-19-13-4-2-1-3-5-13;/h1-5,15H,6-12H2;1H. The largest absolute Gasteiger partial charge is 0.491 e. The van der Waals surface area contributed by atoms with Gasteiger partial charge in [-0.2, -0.15) is 0 Å². The molecule has 0 aromatic heterocycles. The molecule has 1 aromatic rings. The first-order valence-electron chi connectivity index (χ1n) is 6.60. The molecule has 0 bridgehead atoms. The monoisotopic (exact) mass is 300 g/mol. The zero-order chi connectivity index (χ0) is 13.3. The number of ether oxygens (including phenoxy) is 2. The Balaban J connectivity index is 0.00000200. The Morgan fingerprint density at radius 3 is 2.55 bits per heavy atom. The van der Waals surface area contributed by atoms with Gasteiger partial charge in [0.1, 0.15) is 19.0 Å². The van der Waals surface area contributed by atoms with E-state index in [1.807, 2.05) is 35.2 Å². The predicted octanol–water partition coefficient (Wildman–Crippen LogP) is 0.936. The average Bonchev–Trinajstić information content (AvgIpc) is 2.49. The third kappa shape index (κ3) is 5.77. The van der Waals surface area contributed by atoms with Crippen molar-refractivity contribution in [1.82, 2.24) is 10.2 Å². The Hall–Kier alpha value is -1.30. The molecule has 20 heavy (non-hydrogen) atoms. The molecule has 6 heteroatoms. The second-order valence-electron chi connectivity index (χ2n) is 4.34. The summed E-state index contributed by atoms with van der Waals surface area (Å²) in [5, 5.41) is 3.21. The second-order valence-corrected chi connectivity index (χ2v) is 4.34. The van der Waals surface area contributed by atoms with Gasteiger partial charge in [0.15, 0.2) is 0 Å². The van der Waals surface area contributed by atoms with Gasteiger partial charge in [-0.25, -0.2) is 0 Å². The summed E-state index contributed by atoms with van der Waals surface area (Å²) in [6, 6.07) is 9.57. The molecule has 0 aliphatic carbocycles. The lowest BCUT2D eigenvalue weighted by atomic mass is 10.3. The first kappa shape index (κ1) is 16.8. The van der Waals surface area contributed by atoms with Crippen molar-refractivity contribution >= 4 is 18.3 Å². The second kappa shape index (κ2) is 9.58. The minimum Gasteiger partial charge on any atom is -0.491 e. The summed E-state index contributed by atoms with van der Waals surface area (Å²) in [5.74, 6) is 0.876. The van der Waals surface area contributed by atoms with Crippen LogP contribution in [0.5, 0.6) is 5.75 Å². The van der Waals surface area contributed by atoms with Crippen LogP contribution in [0.4, 0.5) is 0 Å². The number of carbonyl (C=O) groups excluding carboxylic acids is 1. The van der Waals surface area contributed by atoms with Gasteiger partial charge < -0.3 is 19.7 Å². The third-order valence-corrected chi connectivity index (χ3v) is 2.93. The van der Waals surface area contributed by atoms with Crippen molar-refractivity contribution in [2.75, 3.05) is 46.0 Å². The molecule has 1 fully saturated rings. The lowest BCUT2D eigenvalue weighted by molar-refractivity contribution is -0.136. The SMILES string of the molecule is Cl.O=C(COCCOc1ccccc1)N1CCNCC1. The number of rotatable bonds is 6. The molecular formula is C14H21ClN2O3. The van der Waals surface area contributed by atoms with Crippen molar-refractivity contribution in [3.8, 4) is 5.75 Å². The van der Waals surface area contributed by atoms with Gasteiger partial charge in [-0.05, 0) is 12.1 Å². The molecule has 0 atom stereocenters. The summed E-state index contributed by atoms with van der Waals surface area (Å²) in [6.45, 7) is 4.28. The van der Waals surface area contributed by atoms with E-state index < -0.39 is 0 Å². The Kier molecular flexibility index (Phi) is 8.02. The molecule has 1 saturated heterocycles. The van der Waals surface area contributed by atoms with E-state index in [0.29, 0.717) is 13.2 Å². The first-order chi connectivity index (χ1) is 9.36. The lowest BCUT2D eigenvalue weighted by Crippen LogP contribution is -2.47. The third-order valence-electron chi connectivity index (χ3n) is 2.93. The van der Waals surface area contributed by atoms with Gasteiger partial charge >= 0.3 is 0 Å². The summed E-state index contributed by atoms with van der Waals surface area (Å²) in [7, 11) is 0. The highest BCUT2D eigenvalue weighted by Gasteiger charge is 2.15. The fraction of sp³-hybridized carbons (Fsp3) is 0.500. The van der Waals surface area contributed by atoms with Gasteiger partial charge in [0, 0.05) is 26.2 Å². The van der Waals surface area contributed by atoms with Gasteiger partial charge in [-0.3, -0.25) is 4.79 Å². The van der Waals surface area contributed by atoms with Crippen molar-refractivity contribution in [2.24, 2.45) is 0 Å². The summed E-state index contributed by atoms with van der Waals surface area (Å²) < 4.78 is 10.8. The zero-order valence-electron chi connectivity index (χ0n) is 11.4. The van der Waals surface area contributed by atoms with Crippen molar-refractivity contribution in [3.05, 3.63) is 30.3 Å². The Morgan fingerprint density at radius 1 is 1.15 bits per heavy atom. The lowest BCUT2D eigenvalue weighted by Gasteiger charge is -2.27. The summed E-state index contributed by atoms with van der Waals surface area (Å²) in [4.78, 5) is 13.6. The van der Waals surface area contributed by atoms with E-state index >= 15 is 0 Å². The summed E-state index contributed by atoms with van der Waals surface area (Å²) >= 11 is 0. The van der Waals surface area contributed by atoms with Crippen LogP contribution < -0.4 is 10.1 Å². The molecular weight excluding hydrogens is 280 g/mol. The molecule has 0 radical (unpaired) electrons. The normalized spacial score (nSPS) is 14.5. The maximum Gasteiger partial charge on any atom is 0.248 e. The number of nitrogens with zero attached hydrogens (tertiary/aromatic N) is 1. The van der Waals surface area contributed by atoms with Crippen LogP contribution in [0.3, 0.4) is 0 Å². The van der Waals surface area contributed by atoms with Crippen molar-refractivity contribution in [3.63, 3.8) is 0 Å². The molecule has 1 aromatic carbocycles. The number of para-hydroxylation sites is 1. The minimum atomic E-state index is 0. The maximum atomic E-state index is 11.8. The summed E-state index contributed by atoms with van der Waals surface area (Å²) in [6.07, 6.45) is 0. The van der Waals surface area contributed by atoms with Gasteiger partial charge in [0.05, 0.1) is 6.61 Å². The molecule has 0 unspecified atom stereocenters. The van der Waals surface area contributed by atoms with E-state index in [2.05, 4.69) is 5.32 Å². The predicted molar refractivity (Wildman–Crippen MR) is 79.5 cm³/mol. The molecule has 0 saturated carbocycles. The Morgan fingerprint density at radius 2 is 1.85 bits per heavy atom. The molecule has 112 valence electrons. The van der Waals surface area contributed by atoms with E-state index in [9.17, 15) is 4.79 Å². The van der Waals surface area contributed by atoms with E-state index in [1.54, 1.807) is 0 Å². The van der Waals surface area contributed by atoms with Crippen LogP contribution in [0.25, 0.3) is 0 Å². The Bertz CT molecular complexity index is 383. The van der Waals surface area contributed by atoms with Gasteiger partial charge in [-0.15, -0.1) is 12.4 Å². The highest BCUT2D eigenvalue weighted by atomic mass is 35.5. The number of hydrogen-bond donors (Lipinski definition) is 1. The maximum absolute atomic E-state index is 11.8. The first-order valence-corrected chi connectivity index (χ1v) is 6.60. The number of carbonyl (C=O) groups is 1. The number of halogens is 1. The molecule has 1 heterocycles. The van der Waals surface area contributed by atoms with Gasteiger partial charge in [0.2, 0.25) is 5.91 Å². The number of benzene rings is 1. The number of nitrogens with one attached hydrogen (secondary N) is 1. The van der Waals surface area contributed by atoms with Crippen LogP contribution in [-0.2, 0) is 9.53 Å². The minimum absolute atomic E-state index is 0. The van der Waals surface area contributed by atoms with E-state index in [1.165, 1.54) is 0 Å². The average molecular weight is 301 g/mol. The molecule has 2 rings (SSSR count). The Labute approximate surface area is 125 Å². The van der Waals surface area contributed by atoms with E-state index in [0.717, 1.165) is 31.9 Å². The summed E-state index contributed by atoms with van der Waals surface area (Å²) in [5.41, 5.74) is 0. The van der Waals surface area contributed by atoms with Crippen LogP contribution in [0.2, 0.25) is 0 Å². The van der Waals surface area contributed by atoms with Crippen LogP contribution in [0.15, 0.2) is 30.3 Å². The molecule has 0 spiro atoms. The van der Waals surface area contributed by atoms with Crippen molar-refractivity contribution < 1.29 is 14.3 Å².